The monoisotopic (exact) mass is 288 g/mol. The second-order valence-electron chi connectivity index (χ2n) is 5.29. The molecule has 0 amide bonds. The normalized spacial score (nSPS) is 18.0. The quantitative estimate of drug-likeness (QED) is 0.880. The first-order chi connectivity index (χ1) is 10.2. The zero-order valence-electron chi connectivity index (χ0n) is 12.1. The average Bonchev–Trinajstić information content (AvgIpc) is 3.17. The van der Waals surface area contributed by atoms with Gasteiger partial charge < -0.3 is 19.9 Å². The second-order valence-corrected chi connectivity index (χ2v) is 5.29. The highest BCUT2D eigenvalue weighted by Crippen LogP contribution is 2.26. The van der Waals surface area contributed by atoms with Crippen molar-refractivity contribution >= 4 is 11.8 Å². The van der Waals surface area contributed by atoms with Gasteiger partial charge in [-0.15, -0.1) is 0 Å². The maximum absolute atomic E-state index is 5.85. The number of imidazole rings is 1. The number of ether oxygens (including phenoxy) is 1. The Morgan fingerprint density at radius 2 is 2.38 bits per heavy atom. The van der Waals surface area contributed by atoms with Gasteiger partial charge in [-0.3, -0.25) is 0 Å². The van der Waals surface area contributed by atoms with Crippen LogP contribution < -0.4 is 10.6 Å². The number of hydrogen-bond donors (Lipinski definition) is 1. The Morgan fingerprint density at radius 3 is 3.10 bits per heavy atom. The smallest absolute Gasteiger partial charge is 0.222 e. The topological polar surface area (TPSA) is 82.1 Å². The maximum Gasteiger partial charge on any atom is 0.222 e. The molecule has 0 aliphatic carbocycles. The Labute approximate surface area is 123 Å². The predicted molar refractivity (Wildman–Crippen MR) is 80.1 cm³/mol. The van der Waals surface area contributed by atoms with Crippen molar-refractivity contribution in [1.29, 1.82) is 0 Å². The molecule has 0 saturated carbocycles. The first-order valence-corrected chi connectivity index (χ1v) is 7.11. The largest absolute Gasteiger partial charge is 0.381 e. The Morgan fingerprint density at radius 1 is 1.48 bits per heavy atom. The van der Waals surface area contributed by atoms with Crippen LogP contribution in [0.25, 0.3) is 0 Å². The Kier molecular flexibility index (Phi) is 4.01. The SMILES string of the molecule is CN(CCn1ccnc1)c1cc(C2CCOC2)nc(N)n1. The third-order valence-corrected chi connectivity index (χ3v) is 3.74. The van der Waals surface area contributed by atoms with Crippen molar-refractivity contribution in [2.24, 2.45) is 0 Å². The molecule has 0 radical (unpaired) electrons. The molecule has 2 aromatic heterocycles. The van der Waals surface area contributed by atoms with Crippen LogP contribution in [-0.2, 0) is 11.3 Å². The minimum absolute atomic E-state index is 0.323. The van der Waals surface area contributed by atoms with E-state index in [1.54, 1.807) is 6.20 Å². The molecule has 2 aromatic rings. The highest BCUT2D eigenvalue weighted by atomic mass is 16.5. The summed E-state index contributed by atoms with van der Waals surface area (Å²) in [6, 6.07) is 2.02. The van der Waals surface area contributed by atoms with Gasteiger partial charge in [0.05, 0.1) is 18.6 Å². The van der Waals surface area contributed by atoms with Gasteiger partial charge in [-0.25, -0.2) is 9.97 Å². The van der Waals surface area contributed by atoms with E-state index in [9.17, 15) is 0 Å². The van der Waals surface area contributed by atoms with Crippen molar-refractivity contribution in [3.05, 3.63) is 30.5 Å². The summed E-state index contributed by atoms with van der Waals surface area (Å²) < 4.78 is 7.46. The fourth-order valence-corrected chi connectivity index (χ4v) is 2.44. The molecule has 3 heterocycles. The van der Waals surface area contributed by atoms with Crippen molar-refractivity contribution in [3.8, 4) is 0 Å². The molecule has 1 aliphatic heterocycles. The fourth-order valence-electron chi connectivity index (χ4n) is 2.44. The lowest BCUT2D eigenvalue weighted by Gasteiger charge is -2.20. The summed E-state index contributed by atoms with van der Waals surface area (Å²) in [6.07, 6.45) is 6.53. The van der Waals surface area contributed by atoms with E-state index in [0.717, 1.165) is 37.6 Å². The molecular weight excluding hydrogens is 268 g/mol. The van der Waals surface area contributed by atoms with E-state index >= 15 is 0 Å². The van der Waals surface area contributed by atoms with Crippen LogP contribution in [0.5, 0.6) is 0 Å². The number of nitrogen functional groups attached to an aromatic ring is 1. The predicted octanol–water partition coefficient (Wildman–Crippen LogP) is 0.896. The van der Waals surface area contributed by atoms with Crippen molar-refractivity contribution in [3.63, 3.8) is 0 Å². The molecule has 2 N–H and O–H groups in total. The Hall–Kier alpha value is -2.15. The number of hydrogen-bond acceptors (Lipinski definition) is 6. The summed E-state index contributed by atoms with van der Waals surface area (Å²) in [4.78, 5) is 14.8. The van der Waals surface area contributed by atoms with E-state index in [1.807, 2.05) is 30.2 Å². The molecule has 7 heteroatoms. The number of nitrogens with zero attached hydrogens (tertiary/aromatic N) is 5. The minimum atomic E-state index is 0.323. The molecule has 21 heavy (non-hydrogen) atoms. The summed E-state index contributed by atoms with van der Waals surface area (Å²) in [7, 11) is 2.01. The number of likely N-dealkylation sites (N-methyl/N-ethyl adjacent to an activating group) is 1. The molecule has 1 unspecified atom stereocenters. The molecule has 1 fully saturated rings. The Bertz CT molecular complexity index is 579. The average molecular weight is 288 g/mol. The van der Waals surface area contributed by atoms with Gasteiger partial charge in [-0.05, 0) is 6.42 Å². The number of aromatic nitrogens is 4. The standard InChI is InChI=1S/C14H20N6O/c1-19(5-6-20-4-3-16-10-20)13-8-12(17-14(15)18-13)11-2-7-21-9-11/h3-4,8,10-11H,2,5-7,9H2,1H3,(H2,15,17,18). The molecule has 1 atom stereocenters. The molecule has 0 bridgehead atoms. The lowest BCUT2D eigenvalue weighted by molar-refractivity contribution is 0.193. The van der Waals surface area contributed by atoms with Gasteiger partial charge >= 0.3 is 0 Å². The molecule has 3 rings (SSSR count). The first kappa shape index (κ1) is 13.8. The zero-order chi connectivity index (χ0) is 14.7. The summed E-state index contributed by atoms with van der Waals surface area (Å²) >= 11 is 0. The van der Waals surface area contributed by atoms with E-state index in [0.29, 0.717) is 18.5 Å². The van der Waals surface area contributed by atoms with Gasteiger partial charge in [0.2, 0.25) is 5.95 Å². The Balaban J connectivity index is 1.71. The van der Waals surface area contributed by atoms with Gasteiger partial charge in [0, 0.05) is 51.1 Å². The highest BCUT2D eigenvalue weighted by Gasteiger charge is 2.21. The van der Waals surface area contributed by atoms with Crippen LogP contribution in [-0.4, -0.2) is 46.3 Å². The van der Waals surface area contributed by atoms with Gasteiger partial charge in [0.15, 0.2) is 0 Å². The van der Waals surface area contributed by atoms with E-state index < -0.39 is 0 Å². The molecule has 0 aromatic carbocycles. The molecule has 112 valence electrons. The van der Waals surface area contributed by atoms with Crippen molar-refractivity contribution in [2.45, 2.75) is 18.9 Å². The van der Waals surface area contributed by atoms with Crippen LogP contribution in [0.2, 0.25) is 0 Å². The van der Waals surface area contributed by atoms with Crippen LogP contribution in [0.15, 0.2) is 24.8 Å². The van der Waals surface area contributed by atoms with E-state index in [4.69, 9.17) is 10.5 Å². The highest BCUT2D eigenvalue weighted by molar-refractivity contribution is 5.43. The zero-order valence-corrected chi connectivity index (χ0v) is 12.1. The number of rotatable bonds is 5. The van der Waals surface area contributed by atoms with Crippen molar-refractivity contribution in [2.75, 3.05) is 37.4 Å². The molecular formula is C14H20N6O. The van der Waals surface area contributed by atoms with Crippen LogP contribution in [0.1, 0.15) is 18.0 Å². The summed E-state index contributed by atoms with van der Waals surface area (Å²) in [5.74, 6) is 1.50. The summed E-state index contributed by atoms with van der Waals surface area (Å²) in [5.41, 5.74) is 6.83. The second kappa shape index (κ2) is 6.09. The molecule has 1 aliphatic rings. The first-order valence-electron chi connectivity index (χ1n) is 7.11. The van der Waals surface area contributed by atoms with E-state index in [2.05, 4.69) is 19.9 Å². The number of nitrogens with two attached hydrogens (primary N) is 1. The molecule has 7 nitrogen and oxygen atoms in total. The summed E-state index contributed by atoms with van der Waals surface area (Å²) in [6.45, 7) is 3.19. The van der Waals surface area contributed by atoms with Crippen molar-refractivity contribution < 1.29 is 4.74 Å². The fraction of sp³-hybridized carbons (Fsp3) is 0.500. The van der Waals surface area contributed by atoms with Crippen molar-refractivity contribution in [1.82, 2.24) is 19.5 Å². The third kappa shape index (κ3) is 3.30. The van der Waals surface area contributed by atoms with Crippen LogP contribution in [0, 0.1) is 0 Å². The summed E-state index contributed by atoms with van der Waals surface area (Å²) in [5, 5.41) is 0. The van der Waals surface area contributed by atoms with Gasteiger partial charge in [0.25, 0.3) is 0 Å². The molecule has 1 saturated heterocycles. The third-order valence-electron chi connectivity index (χ3n) is 3.74. The van der Waals surface area contributed by atoms with Crippen LogP contribution in [0.4, 0.5) is 11.8 Å². The van der Waals surface area contributed by atoms with Crippen LogP contribution >= 0.6 is 0 Å². The minimum Gasteiger partial charge on any atom is -0.381 e. The van der Waals surface area contributed by atoms with Gasteiger partial charge in [0.1, 0.15) is 5.82 Å². The lowest BCUT2D eigenvalue weighted by Crippen LogP contribution is -2.24. The van der Waals surface area contributed by atoms with E-state index in [1.165, 1.54) is 0 Å². The molecule has 0 spiro atoms. The lowest BCUT2D eigenvalue weighted by atomic mass is 10.0. The van der Waals surface area contributed by atoms with E-state index in [-0.39, 0.29) is 0 Å². The maximum atomic E-state index is 5.85. The van der Waals surface area contributed by atoms with Gasteiger partial charge in [-0.1, -0.05) is 0 Å². The van der Waals surface area contributed by atoms with Crippen LogP contribution in [0.3, 0.4) is 0 Å². The number of anilines is 2. The van der Waals surface area contributed by atoms with Gasteiger partial charge in [-0.2, -0.15) is 4.98 Å².